The summed E-state index contributed by atoms with van der Waals surface area (Å²) in [6.07, 6.45) is 4.94. The average Bonchev–Trinajstić information content (AvgIpc) is 2.70. The maximum Gasteiger partial charge on any atom is 0.0813 e. The van der Waals surface area contributed by atoms with Crippen LogP contribution in [0, 0.1) is 0 Å². The van der Waals surface area contributed by atoms with Crippen LogP contribution in [-0.4, -0.2) is 12.1 Å². The first-order valence-electron chi connectivity index (χ1n) is 5.24. The van der Waals surface area contributed by atoms with Crippen LogP contribution in [0.3, 0.4) is 0 Å². The van der Waals surface area contributed by atoms with Crippen molar-refractivity contribution < 1.29 is 4.74 Å². The van der Waals surface area contributed by atoms with E-state index in [1.165, 1.54) is 4.88 Å². The molecule has 0 amide bonds. The van der Waals surface area contributed by atoms with Gasteiger partial charge in [0.1, 0.15) is 0 Å². The van der Waals surface area contributed by atoms with Gasteiger partial charge in [0.15, 0.2) is 0 Å². The molecule has 1 fully saturated rings. The van der Waals surface area contributed by atoms with Crippen molar-refractivity contribution in [3.63, 3.8) is 0 Å². The number of hydrogen-bond donors (Lipinski definition) is 1. The topological polar surface area (TPSA) is 35.2 Å². The standard InChI is InChI=1S/C11H17NOS/c12-9-3-5-10(6-4-9)13-8-11-2-1-7-14-11/h1-2,7,9-10H,3-6,8,12H2. The van der Waals surface area contributed by atoms with Crippen LogP contribution in [0.15, 0.2) is 17.5 Å². The number of hydrogen-bond acceptors (Lipinski definition) is 3. The molecule has 2 rings (SSSR count). The van der Waals surface area contributed by atoms with E-state index in [0.29, 0.717) is 12.1 Å². The fraction of sp³-hybridized carbons (Fsp3) is 0.636. The van der Waals surface area contributed by atoms with E-state index in [2.05, 4.69) is 17.5 Å². The van der Waals surface area contributed by atoms with Crippen LogP contribution in [0.1, 0.15) is 30.6 Å². The molecule has 14 heavy (non-hydrogen) atoms. The minimum Gasteiger partial charge on any atom is -0.373 e. The van der Waals surface area contributed by atoms with Crippen LogP contribution in [0.5, 0.6) is 0 Å². The van der Waals surface area contributed by atoms with Crippen LogP contribution < -0.4 is 5.73 Å². The SMILES string of the molecule is NC1CCC(OCc2cccs2)CC1. The lowest BCUT2D eigenvalue weighted by atomic mass is 9.94. The van der Waals surface area contributed by atoms with Crippen molar-refractivity contribution in [3.05, 3.63) is 22.4 Å². The normalized spacial score (nSPS) is 27.8. The van der Waals surface area contributed by atoms with Crippen molar-refractivity contribution in [2.45, 2.75) is 44.4 Å². The molecule has 0 aliphatic heterocycles. The molecule has 0 unspecified atom stereocenters. The van der Waals surface area contributed by atoms with Crippen LogP contribution in [0.2, 0.25) is 0 Å². The molecule has 1 aromatic rings. The molecule has 0 atom stereocenters. The summed E-state index contributed by atoms with van der Waals surface area (Å²) >= 11 is 1.76. The average molecular weight is 211 g/mol. The Kier molecular flexibility index (Phi) is 3.56. The predicted molar refractivity (Wildman–Crippen MR) is 59.3 cm³/mol. The fourth-order valence-corrected chi connectivity index (χ4v) is 2.48. The molecule has 2 N–H and O–H groups in total. The zero-order chi connectivity index (χ0) is 9.80. The quantitative estimate of drug-likeness (QED) is 0.834. The molecule has 0 spiro atoms. The van der Waals surface area contributed by atoms with E-state index in [-0.39, 0.29) is 0 Å². The van der Waals surface area contributed by atoms with Gasteiger partial charge in [0.25, 0.3) is 0 Å². The zero-order valence-electron chi connectivity index (χ0n) is 8.32. The lowest BCUT2D eigenvalue weighted by Crippen LogP contribution is -2.30. The van der Waals surface area contributed by atoms with E-state index in [4.69, 9.17) is 10.5 Å². The molecule has 0 radical (unpaired) electrons. The smallest absolute Gasteiger partial charge is 0.0813 e. The third kappa shape index (κ3) is 2.80. The first kappa shape index (κ1) is 10.1. The molecule has 0 bridgehead atoms. The highest BCUT2D eigenvalue weighted by molar-refractivity contribution is 7.09. The molecular weight excluding hydrogens is 194 g/mol. The summed E-state index contributed by atoms with van der Waals surface area (Å²) in [4.78, 5) is 1.32. The highest BCUT2D eigenvalue weighted by atomic mass is 32.1. The number of rotatable bonds is 3. The van der Waals surface area contributed by atoms with Crippen molar-refractivity contribution >= 4 is 11.3 Å². The summed E-state index contributed by atoms with van der Waals surface area (Å²) in [7, 11) is 0. The first-order valence-corrected chi connectivity index (χ1v) is 6.12. The molecule has 1 heterocycles. The Morgan fingerprint density at radius 2 is 2.14 bits per heavy atom. The summed E-state index contributed by atoms with van der Waals surface area (Å²) < 4.78 is 5.83. The molecule has 78 valence electrons. The Morgan fingerprint density at radius 1 is 1.36 bits per heavy atom. The first-order chi connectivity index (χ1) is 6.84. The van der Waals surface area contributed by atoms with Crippen molar-refractivity contribution in [2.24, 2.45) is 5.73 Å². The summed E-state index contributed by atoms with van der Waals surface area (Å²) in [5.41, 5.74) is 5.83. The molecule has 1 saturated carbocycles. The van der Waals surface area contributed by atoms with E-state index in [1.807, 2.05) is 0 Å². The molecule has 0 aromatic carbocycles. The molecule has 0 saturated heterocycles. The maximum absolute atomic E-state index is 5.83. The third-order valence-electron chi connectivity index (χ3n) is 2.76. The minimum absolute atomic E-state index is 0.414. The summed E-state index contributed by atoms with van der Waals surface area (Å²) in [5, 5.41) is 2.09. The van der Waals surface area contributed by atoms with Crippen LogP contribution in [-0.2, 0) is 11.3 Å². The van der Waals surface area contributed by atoms with Gasteiger partial charge in [-0.1, -0.05) is 6.07 Å². The number of thiophene rings is 1. The number of nitrogens with two attached hydrogens (primary N) is 1. The monoisotopic (exact) mass is 211 g/mol. The predicted octanol–water partition coefficient (Wildman–Crippen LogP) is 2.53. The van der Waals surface area contributed by atoms with Gasteiger partial charge in [0, 0.05) is 10.9 Å². The van der Waals surface area contributed by atoms with Gasteiger partial charge in [-0.2, -0.15) is 0 Å². The Balaban J connectivity index is 1.71. The van der Waals surface area contributed by atoms with Gasteiger partial charge < -0.3 is 10.5 Å². The van der Waals surface area contributed by atoms with Crippen molar-refractivity contribution in [1.29, 1.82) is 0 Å². The molecule has 1 aliphatic rings. The molecule has 2 nitrogen and oxygen atoms in total. The highest BCUT2D eigenvalue weighted by Gasteiger charge is 2.18. The van der Waals surface area contributed by atoms with E-state index >= 15 is 0 Å². The molecule has 3 heteroatoms. The lowest BCUT2D eigenvalue weighted by Gasteiger charge is -2.25. The van der Waals surface area contributed by atoms with Gasteiger partial charge in [-0.3, -0.25) is 0 Å². The van der Waals surface area contributed by atoms with Gasteiger partial charge >= 0.3 is 0 Å². The van der Waals surface area contributed by atoms with Gasteiger partial charge in [0.2, 0.25) is 0 Å². The zero-order valence-corrected chi connectivity index (χ0v) is 9.13. The summed E-state index contributed by atoms with van der Waals surface area (Å²) in [6.45, 7) is 0.775. The van der Waals surface area contributed by atoms with Crippen LogP contribution in [0.4, 0.5) is 0 Å². The largest absolute Gasteiger partial charge is 0.373 e. The second-order valence-electron chi connectivity index (χ2n) is 3.93. The molecule has 1 aromatic heterocycles. The van der Waals surface area contributed by atoms with E-state index < -0.39 is 0 Å². The Hall–Kier alpha value is -0.380. The van der Waals surface area contributed by atoms with Crippen molar-refractivity contribution in [2.75, 3.05) is 0 Å². The van der Waals surface area contributed by atoms with Crippen molar-refractivity contribution in [1.82, 2.24) is 0 Å². The summed E-state index contributed by atoms with van der Waals surface area (Å²) in [5.74, 6) is 0. The lowest BCUT2D eigenvalue weighted by molar-refractivity contribution is 0.0151. The minimum atomic E-state index is 0.414. The van der Waals surface area contributed by atoms with Crippen molar-refractivity contribution in [3.8, 4) is 0 Å². The second-order valence-corrected chi connectivity index (χ2v) is 4.96. The van der Waals surface area contributed by atoms with E-state index in [1.54, 1.807) is 11.3 Å². The van der Waals surface area contributed by atoms with Gasteiger partial charge in [-0.15, -0.1) is 11.3 Å². The number of ether oxygens (including phenoxy) is 1. The maximum atomic E-state index is 5.83. The molecule has 1 aliphatic carbocycles. The van der Waals surface area contributed by atoms with E-state index in [0.717, 1.165) is 32.3 Å². The van der Waals surface area contributed by atoms with Gasteiger partial charge in [-0.25, -0.2) is 0 Å². The second kappa shape index (κ2) is 4.91. The van der Waals surface area contributed by atoms with E-state index in [9.17, 15) is 0 Å². The Labute approximate surface area is 89.1 Å². The summed E-state index contributed by atoms with van der Waals surface area (Å²) in [6, 6.07) is 4.61. The van der Waals surface area contributed by atoms with Crippen LogP contribution >= 0.6 is 11.3 Å². The van der Waals surface area contributed by atoms with Crippen LogP contribution in [0.25, 0.3) is 0 Å². The Bertz CT molecular complexity index is 252. The fourth-order valence-electron chi connectivity index (χ4n) is 1.85. The Morgan fingerprint density at radius 3 is 2.79 bits per heavy atom. The third-order valence-corrected chi connectivity index (χ3v) is 3.61. The van der Waals surface area contributed by atoms with Gasteiger partial charge in [-0.05, 0) is 37.1 Å². The molecular formula is C11H17NOS. The van der Waals surface area contributed by atoms with Gasteiger partial charge in [0.05, 0.1) is 12.7 Å². The highest BCUT2D eigenvalue weighted by Crippen LogP contribution is 2.21.